The average molecular weight is 446 g/mol. The molecule has 5 aromatic rings. The van der Waals surface area contributed by atoms with Crippen LogP contribution in [0.25, 0.3) is 16.2 Å². The summed E-state index contributed by atoms with van der Waals surface area (Å²) < 4.78 is 2.08. The maximum Gasteiger partial charge on any atom is 0.265 e. The molecule has 0 bridgehead atoms. The van der Waals surface area contributed by atoms with Crippen LogP contribution in [0.5, 0.6) is 0 Å². The SMILES string of the molecule is Cc1ccccc1NC(=O)c1ccc(Nc2ncc(-c3c(C)nc4ccccn34)s2)s1. The largest absolute Gasteiger partial charge is 0.323 e. The van der Waals surface area contributed by atoms with Gasteiger partial charge in [-0.3, -0.25) is 9.20 Å². The number of anilines is 3. The average Bonchev–Trinajstić information content (AvgIpc) is 3.48. The molecule has 0 aliphatic carbocycles. The fraction of sp³-hybridized carbons (Fsp3) is 0.0870. The minimum absolute atomic E-state index is 0.117. The van der Waals surface area contributed by atoms with E-state index in [9.17, 15) is 4.79 Å². The van der Waals surface area contributed by atoms with Crippen molar-refractivity contribution in [2.75, 3.05) is 10.6 Å². The van der Waals surface area contributed by atoms with Gasteiger partial charge in [0.05, 0.1) is 26.1 Å². The summed E-state index contributed by atoms with van der Waals surface area (Å²) in [6, 6.07) is 17.4. The van der Waals surface area contributed by atoms with E-state index in [1.807, 2.05) is 80.8 Å². The van der Waals surface area contributed by atoms with Gasteiger partial charge in [0.1, 0.15) is 5.65 Å². The molecule has 1 amide bonds. The lowest BCUT2D eigenvalue weighted by Crippen LogP contribution is -2.10. The number of amides is 1. The first-order chi connectivity index (χ1) is 15.1. The third-order valence-corrected chi connectivity index (χ3v) is 6.82. The number of aryl methyl sites for hydroxylation is 2. The summed E-state index contributed by atoms with van der Waals surface area (Å²) in [5.74, 6) is -0.117. The summed E-state index contributed by atoms with van der Waals surface area (Å²) in [4.78, 5) is 23.4. The Morgan fingerprint density at radius 2 is 1.84 bits per heavy atom. The van der Waals surface area contributed by atoms with E-state index in [1.165, 1.54) is 11.3 Å². The third kappa shape index (κ3) is 3.83. The number of nitrogens with zero attached hydrogens (tertiary/aromatic N) is 3. The number of pyridine rings is 1. The van der Waals surface area contributed by atoms with Crippen LogP contribution in [0.4, 0.5) is 15.8 Å². The van der Waals surface area contributed by atoms with E-state index >= 15 is 0 Å². The molecule has 0 fully saturated rings. The number of hydrogen-bond donors (Lipinski definition) is 2. The molecule has 154 valence electrons. The van der Waals surface area contributed by atoms with Crippen molar-refractivity contribution in [3.05, 3.63) is 83.1 Å². The minimum atomic E-state index is -0.117. The number of para-hydroxylation sites is 1. The summed E-state index contributed by atoms with van der Waals surface area (Å²) in [5.41, 5.74) is 4.78. The van der Waals surface area contributed by atoms with Crippen molar-refractivity contribution in [2.24, 2.45) is 0 Å². The van der Waals surface area contributed by atoms with Crippen LogP contribution in [-0.2, 0) is 0 Å². The van der Waals surface area contributed by atoms with Gasteiger partial charge in [0, 0.05) is 18.1 Å². The van der Waals surface area contributed by atoms with Gasteiger partial charge < -0.3 is 10.6 Å². The normalized spacial score (nSPS) is 11.0. The third-order valence-electron chi connectivity index (χ3n) is 4.90. The quantitative estimate of drug-likeness (QED) is 0.341. The van der Waals surface area contributed by atoms with Crippen LogP contribution in [0.15, 0.2) is 67.0 Å². The zero-order chi connectivity index (χ0) is 21.4. The molecule has 2 N–H and O–H groups in total. The number of fused-ring (bicyclic) bond motifs is 1. The molecule has 0 aliphatic heterocycles. The number of rotatable bonds is 5. The van der Waals surface area contributed by atoms with Crippen molar-refractivity contribution in [2.45, 2.75) is 13.8 Å². The van der Waals surface area contributed by atoms with Gasteiger partial charge >= 0.3 is 0 Å². The van der Waals surface area contributed by atoms with Crippen molar-refractivity contribution < 1.29 is 4.79 Å². The molecule has 4 aromatic heterocycles. The van der Waals surface area contributed by atoms with E-state index in [0.29, 0.717) is 4.88 Å². The molecular formula is C23H19N5OS2. The second kappa shape index (κ2) is 7.98. The van der Waals surface area contributed by atoms with Gasteiger partial charge in [-0.15, -0.1) is 11.3 Å². The van der Waals surface area contributed by atoms with Crippen molar-refractivity contribution in [1.29, 1.82) is 0 Å². The Morgan fingerprint density at radius 1 is 1.00 bits per heavy atom. The molecule has 8 heteroatoms. The van der Waals surface area contributed by atoms with Gasteiger partial charge in [0.15, 0.2) is 5.13 Å². The van der Waals surface area contributed by atoms with Gasteiger partial charge in [0.2, 0.25) is 0 Å². The van der Waals surface area contributed by atoms with Crippen LogP contribution in [0.1, 0.15) is 20.9 Å². The summed E-state index contributed by atoms with van der Waals surface area (Å²) in [6.07, 6.45) is 3.87. The van der Waals surface area contributed by atoms with Gasteiger partial charge in [0.25, 0.3) is 5.91 Å². The number of thiophene rings is 1. The first-order valence-electron chi connectivity index (χ1n) is 9.72. The lowest BCUT2D eigenvalue weighted by atomic mass is 10.2. The maximum absolute atomic E-state index is 12.6. The molecule has 5 rings (SSSR count). The lowest BCUT2D eigenvalue weighted by Gasteiger charge is -2.06. The number of hydrogen-bond acceptors (Lipinski definition) is 6. The molecular weight excluding hydrogens is 426 g/mol. The Kier molecular flexibility index (Phi) is 5.01. The van der Waals surface area contributed by atoms with Gasteiger partial charge in [-0.25, -0.2) is 9.97 Å². The second-order valence-corrected chi connectivity index (χ2v) is 9.18. The van der Waals surface area contributed by atoms with E-state index < -0.39 is 0 Å². The van der Waals surface area contributed by atoms with Crippen LogP contribution in [0.2, 0.25) is 0 Å². The number of nitrogens with one attached hydrogen (secondary N) is 2. The highest BCUT2D eigenvalue weighted by molar-refractivity contribution is 7.20. The van der Waals surface area contributed by atoms with Crippen LogP contribution in [0, 0.1) is 13.8 Å². The predicted octanol–water partition coefficient (Wildman–Crippen LogP) is 6.13. The van der Waals surface area contributed by atoms with Crippen molar-refractivity contribution in [3.63, 3.8) is 0 Å². The number of benzene rings is 1. The first kappa shape index (κ1) is 19.5. The maximum atomic E-state index is 12.6. The summed E-state index contributed by atoms with van der Waals surface area (Å²) in [7, 11) is 0. The fourth-order valence-corrected chi connectivity index (χ4v) is 5.17. The highest BCUT2D eigenvalue weighted by Gasteiger charge is 2.15. The minimum Gasteiger partial charge on any atom is -0.323 e. The number of aromatic nitrogens is 3. The molecule has 0 unspecified atom stereocenters. The summed E-state index contributed by atoms with van der Waals surface area (Å²) in [6.45, 7) is 3.98. The lowest BCUT2D eigenvalue weighted by molar-refractivity contribution is 0.103. The molecule has 0 saturated carbocycles. The molecule has 0 aliphatic rings. The van der Waals surface area contributed by atoms with Crippen molar-refractivity contribution >= 4 is 50.0 Å². The van der Waals surface area contributed by atoms with Crippen LogP contribution < -0.4 is 10.6 Å². The van der Waals surface area contributed by atoms with Gasteiger partial charge in [-0.1, -0.05) is 35.6 Å². The first-order valence-corrected chi connectivity index (χ1v) is 11.4. The predicted molar refractivity (Wildman–Crippen MR) is 128 cm³/mol. The van der Waals surface area contributed by atoms with Crippen LogP contribution >= 0.6 is 22.7 Å². The molecule has 0 radical (unpaired) electrons. The van der Waals surface area contributed by atoms with Crippen molar-refractivity contribution in [3.8, 4) is 10.6 Å². The molecule has 4 heterocycles. The van der Waals surface area contributed by atoms with Crippen LogP contribution in [-0.4, -0.2) is 20.3 Å². The molecule has 31 heavy (non-hydrogen) atoms. The van der Waals surface area contributed by atoms with E-state index in [4.69, 9.17) is 0 Å². The van der Waals surface area contributed by atoms with Gasteiger partial charge in [-0.2, -0.15) is 0 Å². The highest BCUT2D eigenvalue weighted by atomic mass is 32.1. The smallest absolute Gasteiger partial charge is 0.265 e. The molecule has 6 nitrogen and oxygen atoms in total. The van der Waals surface area contributed by atoms with E-state index in [0.717, 1.165) is 43.3 Å². The molecule has 0 spiro atoms. The second-order valence-electron chi connectivity index (χ2n) is 7.06. The monoisotopic (exact) mass is 445 g/mol. The number of thiazole rings is 1. The Labute approximate surface area is 187 Å². The highest BCUT2D eigenvalue weighted by Crippen LogP contribution is 2.34. The fourth-order valence-electron chi connectivity index (χ4n) is 3.38. The Bertz CT molecular complexity index is 1400. The molecule has 0 saturated heterocycles. The topological polar surface area (TPSA) is 71.3 Å². The van der Waals surface area contributed by atoms with E-state index in [1.54, 1.807) is 11.3 Å². The van der Waals surface area contributed by atoms with Crippen LogP contribution in [0.3, 0.4) is 0 Å². The Morgan fingerprint density at radius 3 is 2.71 bits per heavy atom. The Hall–Kier alpha value is -3.49. The van der Waals surface area contributed by atoms with E-state index in [-0.39, 0.29) is 5.91 Å². The molecule has 0 atom stereocenters. The number of imidazole rings is 1. The van der Waals surface area contributed by atoms with Gasteiger partial charge in [-0.05, 0) is 49.7 Å². The van der Waals surface area contributed by atoms with Crippen molar-refractivity contribution in [1.82, 2.24) is 14.4 Å². The zero-order valence-electron chi connectivity index (χ0n) is 16.9. The standard InChI is InChI=1S/C23H19N5OS2/c1-14-7-3-4-8-16(14)26-22(29)17-10-11-20(30-17)27-23-24-13-18(31-23)21-15(2)25-19-9-5-6-12-28(19)21/h3-13H,1-2H3,(H,24,27)(H,26,29). The van der Waals surface area contributed by atoms with E-state index in [2.05, 4.69) is 25.0 Å². The Balaban J connectivity index is 1.33. The number of carbonyl (C=O) groups is 1. The molecule has 1 aromatic carbocycles. The number of carbonyl (C=O) groups excluding carboxylic acids is 1. The zero-order valence-corrected chi connectivity index (χ0v) is 18.6. The summed E-state index contributed by atoms with van der Waals surface area (Å²) >= 11 is 2.96. The summed E-state index contributed by atoms with van der Waals surface area (Å²) in [5, 5.41) is 7.93.